The van der Waals surface area contributed by atoms with Crippen LogP contribution in [0.4, 0.5) is 5.69 Å². The van der Waals surface area contributed by atoms with Gasteiger partial charge in [0.25, 0.3) is 0 Å². The van der Waals surface area contributed by atoms with Crippen LogP contribution in [0.1, 0.15) is 12.5 Å². The predicted molar refractivity (Wildman–Crippen MR) is 102 cm³/mol. The van der Waals surface area contributed by atoms with E-state index >= 15 is 0 Å². The predicted octanol–water partition coefficient (Wildman–Crippen LogP) is 4.69. The molecule has 0 aliphatic carbocycles. The molecular formula is C20H20N2OS. The summed E-state index contributed by atoms with van der Waals surface area (Å²) in [6, 6.07) is 20.1. The molecule has 0 unspecified atom stereocenters. The normalized spacial score (nSPS) is 10.8. The smallest absolute Gasteiger partial charge is 0.237 e. The summed E-state index contributed by atoms with van der Waals surface area (Å²) in [7, 11) is 0. The van der Waals surface area contributed by atoms with Crippen molar-refractivity contribution in [2.24, 2.45) is 0 Å². The van der Waals surface area contributed by atoms with Gasteiger partial charge in [-0.2, -0.15) is 0 Å². The summed E-state index contributed by atoms with van der Waals surface area (Å²) in [5, 5.41) is 1.99. The topological polar surface area (TPSA) is 33.2 Å². The number of amides is 1. The number of pyridine rings is 1. The molecule has 0 bridgehead atoms. The SMILES string of the molecule is CCN(C(=O)CSc1ccc2ccccc2n1)c1cccc(C)c1. The van der Waals surface area contributed by atoms with E-state index < -0.39 is 0 Å². The molecule has 0 aliphatic rings. The summed E-state index contributed by atoms with van der Waals surface area (Å²) in [5.41, 5.74) is 3.07. The van der Waals surface area contributed by atoms with Gasteiger partial charge in [-0.3, -0.25) is 4.79 Å². The van der Waals surface area contributed by atoms with Gasteiger partial charge in [0, 0.05) is 17.6 Å². The lowest BCUT2D eigenvalue weighted by Gasteiger charge is -2.21. The number of carbonyl (C=O) groups is 1. The molecule has 122 valence electrons. The van der Waals surface area contributed by atoms with E-state index in [4.69, 9.17) is 0 Å². The Morgan fingerprint density at radius 2 is 1.92 bits per heavy atom. The second-order valence-electron chi connectivity index (χ2n) is 5.61. The Labute approximate surface area is 146 Å². The highest BCUT2D eigenvalue weighted by atomic mass is 32.2. The Hall–Kier alpha value is -2.33. The molecule has 2 aromatic carbocycles. The summed E-state index contributed by atoms with van der Waals surface area (Å²) >= 11 is 1.48. The van der Waals surface area contributed by atoms with Crippen LogP contribution in [0.2, 0.25) is 0 Å². The lowest BCUT2D eigenvalue weighted by atomic mass is 10.2. The molecule has 0 radical (unpaired) electrons. The first kappa shape index (κ1) is 16.5. The molecule has 0 saturated carbocycles. The number of anilines is 1. The van der Waals surface area contributed by atoms with Crippen molar-refractivity contribution in [1.29, 1.82) is 0 Å². The van der Waals surface area contributed by atoms with Gasteiger partial charge < -0.3 is 4.90 Å². The highest BCUT2D eigenvalue weighted by Crippen LogP contribution is 2.22. The Bertz CT molecular complexity index is 863. The van der Waals surface area contributed by atoms with Crippen LogP contribution in [0.15, 0.2) is 65.7 Å². The average molecular weight is 336 g/mol. The van der Waals surface area contributed by atoms with Crippen molar-refractivity contribution in [3.63, 3.8) is 0 Å². The zero-order chi connectivity index (χ0) is 16.9. The van der Waals surface area contributed by atoms with Crippen LogP contribution >= 0.6 is 11.8 Å². The minimum absolute atomic E-state index is 0.100. The van der Waals surface area contributed by atoms with Gasteiger partial charge in [0.15, 0.2) is 0 Å². The van der Waals surface area contributed by atoms with Gasteiger partial charge in [-0.1, -0.05) is 48.2 Å². The van der Waals surface area contributed by atoms with E-state index in [-0.39, 0.29) is 5.91 Å². The number of fused-ring (bicyclic) bond motifs is 1. The lowest BCUT2D eigenvalue weighted by molar-refractivity contribution is -0.116. The third-order valence-corrected chi connectivity index (χ3v) is 4.76. The molecule has 0 atom stereocenters. The molecule has 24 heavy (non-hydrogen) atoms. The van der Waals surface area contributed by atoms with Gasteiger partial charge in [0.2, 0.25) is 5.91 Å². The molecule has 1 heterocycles. The van der Waals surface area contributed by atoms with E-state index in [9.17, 15) is 4.79 Å². The van der Waals surface area contributed by atoms with Gasteiger partial charge in [0.1, 0.15) is 0 Å². The molecule has 1 aromatic heterocycles. The van der Waals surface area contributed by atoms with Crippen molar-refractivity contribution in [2.45, 2.75) is 18.9 Å². The van der Waals surface area contributed by atoms with Crippen molar-refractivity contribution >= 4 is 34.3 Å². The minimum Gasteiger partial charge on any atom is -0.312 e. The molecule has 4 heteroatoms. The maximum atomic E-state index is 12.6. The quantitative estimate of drug-likeness (QED) is 0.634. The molecule has 0 fully saturated rings. The Morgan fingerprint density at radius 3 is 2.71 bits per heavy atom. The van der Waals surface area contributed by atoms with Crippen molar-refractivity contribution in [3.8, 4) is 0 Å². The van der Waals surface area contributed by atoms with Crippen LogP contribution in [0, 0.1) is 6.92 Å². The number of aromatic nitrogens is 1. The highest BCUT2D eigenvalue weighted by molar-refractivity contribution is 7.99. The lowest BCUT2D eigenvalue weighted by Crippen LogP contribution is -2.32. The molecule has 0 aliphatic heterocycles. The van der Waals surface area contributed by atoms with Crippen molar-refractivity contribution < 1.29 is 4.79 Å². The third-order valence-electron chi connectivity index (χ3n) is 3.85. The van der Waals surface area contributed by atoms with E-state index in [0.717, 1.165) is 27.2 Å². The van der Waals surface area contributed by atoms with E-state index in [2.05, 4.69) is 4.98 Å². The van der Waals surface area contributed by atoms with Crippen LogP contribution in [-0.4, -0.2) is 23.2 Å². The Balaban J connectivity index is 1.71. The molecule has 0 saturated heterocycles. The molecular weight excluding hydrogens is 316 g/mol. The van der Waals surface area contributed by atoms with Gasteiger partial charge >= 0.3 is 0 Å². The molecule has 3 aromatic rings. The molecule has 1 amide bonds. The fourth-order valence-corrected chi connectivity index (χ4v) is 3.39. The summed E-state index contributed by atoms with van der Waals surface area (Å²) in [5.74, 6) is 0.482. The number of nitrogens with zero attached hydrogens (tertiary/aromatic N) is 2. The third kappa shape index (κ3) is 3.77. The van der Waals surface area contributed by atoms with E-state index in [1.54, 1.807) is 0 Å². The second kappa shape index (κ2) is 7.49. The van der Waals surface area contributed by atoms with Gasteiger partial charge in [-0.25, -0.2) is 4.98 Å². The monoisotopic (exact) mass is 336 g/mol. The van der Waals surface area contributed by atoms with Gasteiger partial charge in [-0.05, 0) is 43.7 Å². The summed E-state index contributed by atoms with van der Waals surface area (Å²) < 4.78 is 0. The Morgan fingerprint density at radius 1 is 1.08 bits per heavy atom. The van der Waals surface area contributed by atoms with Crippen molar-refractivity contribution in [3.05, 3.63) is 66.2 Å². The van der Waals surface area contributed by atoms with Crippen LogP contribution in [-0.2, 0) is 4.79 Å². The Kier molecular flexibility index (Phi) is 5.16. The van der Waals surface area contributed by atoms with E-state index in [1.807, 2.05) is 79.4 Å². The second-order valence-corrected chi connectivity index (χ2v) is 6.60. The number of hydrogen-bond acceptors (Lipinski definition) is 3. The number of hydrogen-bond donors (Lipinski definition) is 0. The standard InChI is InChI=1S/C20H20N2OS/c1-3-22(17-9-6-7-15(2)13-17)20(23)14-24-19-12-11-16-8-4-5-10-18(16)21-19/h4-13H,3,14H2,1-2H3. The summed E-state index contributed by atoms with van der Waals surface area (Å²) in [6.07, 6.45) is 0. The van der Waals surface area contributed by atoms with E-state index in [1.165, 1.54) is 11.8 Å². The first-order valence-electron chi connectivity index (χ1n) is 8.03. The number of carbonyl (C=O) groups excluding carboxylic acids is 1. The maximum Gasteiger partial charge on any atom is 0.237 e. The number of rotatable bonds is 5. The van der Waals surface area contributed by atoms with Crippen LogP contribution in [0.25, 0.3) is 10.9 Å². The molecule has 0 N–H and O–H groups in total. The average Bonchev–Trinajstić information content (AvgIpc) is 2.60. The van der Waals surface area contributed by atoms with Gasteiger partial charge in [-0.15, -0.1) is 0 Å². The van der Waals surface area contributed by atoms with Crippen LogP contribution in [0.5, 0.6) is 0 Å². The molecule has 0 spiro atoms. The zero-order valence-corrected chi connectivity index (χ0v) is 14.7. The molecule has 3 nitrogen and oxygen atoms in total. The summed E-state index contributed by atoms with van der Waals surface area (Å²) in [6.45, 7) is 4.70. The minimum atomic E-state index is 0.100. The zero-order valence-electron chi connectivity index (χ0n) is 13.9. The molecule has 3 rings (SSSR count). The van der Waals surface area contributed by atoms with E-state index in [0.29, 0.717) is 12.3 Å². The van der Waals surface area contributed by atoms with Crippen molar-refractivity contribution in [2.75, 3.05) is 17.2 Å². The fourth-order valence-electron chi connectivity index (χ4n) is 2.64. The number of benzene rings is 2. The number of aryl methyl sites for hydroxylation is 1. The van der Waals surface area contributed by atoms with Crippen LogP contribution in [0.3, 0.4) is 0 Å². The first-order chi connectivity index (χ1) is 11.7. The van der Waals surface area contributed by atoms with Crippen LogP contribution < -0.4 is 4.90 Å². The number of para-hydroxylation sites is 1. The number of thioether (sulfide) groups is 1. The largest absolute Gasteiger partial charge is 0.312 e. The maximum absolute atomic E-state index is 12.6. The highest BCUT2D eigenvalue weighted by Gasteiger charge is 2.14. The fraction of sp³-hybridized carbons (Fsp3) is 0.200. The summed E-state index contributed by atoms with van der Waals surface area (Å²) in [4.78, 5) is 19.0. The first-order valence-corrected chi connectivity index (χ1v) is 9.01. The van der Waals surface area contributed by atoms with Crippen molar-refractivity contribution in [1.82, 2.24) is 4.98 Å². The van der Waals surface area contributed by atoms with Gasteiger partial charge in [0.05, 0.1) is 16.3 Å².